The molecule has 23 heavy (non-hydrogen) atoms. The molecule has 0 aliphatic rings. The van der Waals surface area contributed by atoms with Crippen molar-refractivity contribution in [3.05, 3.63) is 41.7 Å². The minimum Gasteiger partial charge on any atom is -0.384 e. The van der Waals surface area contributed by atoms with Crippen molar-refractivity contribution in [1.29, 1.82) is 0 Å². The van der Waals surface area contributed by atoms with Gasteiger partial charge in [0, 0.05) is 0 Å². The molecule has 0 saturated carbocycles. The van der Waals surface area contributed by atoms with Crippen LogP contribution in [0.2, 0.25) is 0 Å². The number of nitrogens with zero attached hydrogens (tertiary/aromatic N) is 3. The summed E-state index contributed by atoms with van der Waals surface area (Å²) in [7, 11) is 0. The lowest BCUT2D eigenvalue weighted by molar-refractivity contribution is 0.267. The van der Waals surface area contributed by atoms with Crippen molar-refractivity contribution < 1.29 is 4.79 Å². The van der Waals surface area contributed by atoms with Crippen molar-refractivity contribution in [3.8, 4) is 0 Å². The van der Waals surface area contributed by atoms with Crippen molar-refractivity contribution in [1.82, 2.24) is 14.5 Å². The summed E-state index contributed by atoms with van der Waals surface area (Å²) >= 11 is 0.836. The van der Waals surface area contributed by atoms with E-state index in [-0.39, 0.29) is 5.82 Å². The normalized spacial score (nSPS) is 11.0. The first-order valence-corrected chi connectivity index (χ1v) is 7.70. The maximum Gasteiger partial charge on any atom is 0.281 e. The first-order chi connectivity index (χ1) is 11.0. The number of carbonyl (C=O) groups is 1. The Balaban J connectivity index is 2.18. The number of aromatic nitrogens is 3. The van der Waals surface area contributed by atoms with Crippen molar-refractivity contribution in [3.63, 3.8) is 0 Å². The monoisotopic (exact) mass is 328 g/mol. The molecule has 0 bridgehead atoms. The summed E-state index contributed by atoms with van der Waals surface area (Å²) in [6.45, 7) is 2.54. The maximum atomic E-state index is 11.3. The van der Waals surface area contributed by atoms with Crippen LogP contribution in [0.4, 0.5) is 16.4 Å². The molecule has 2 aromatic heterocycles. The molecule has 0 saturated heterocycles. The second kappa shape index (κ2) is 5.81. The van der Waals surface area contributed by atoms with E-state index in [0.717, 1.165) is 22.9 Å². The third kappa shape index (κ3) is 2.80. The molecule has 3 aromatic rings. The maximum absolute atomic E-state index is 11.3. The van der Waals surface area contributed by atoms with Crippen LogP contribution in [0.3, 0.4) is 0 Å². The molecule has 1 amide bonds. The fourth-order valence-electron chi connectivity index (χ4n) is 2.53. The molecule has 7 nitrogen and oxygen atoms in total. The van der Waals surface area contributed by atoms with Gasteiger partial charge in [0.2, 0.25) is 0 Å². The number of carbonyl (C=O) groups excluding carboxylic acids is 1. The molecule has 0 aliphatic carbocycles. The number of aryl methyl sites for hydroxylation is 1. The average Bonchev–Trinajstić information content (AvgIpc) is 2.74. The summed E-state index contributed by atoms with van der Waals surface area (Å²) in [6.07, 6.45) is 1.38. The Labute approximate surface area is 136 Å². The van der Waals surface area contributed by atoms with E-state index in [2.05, 4.69) is 16.0 Å². The van der Waals surface area contributed by atoms with Crippen molar-refractivity contribution >= 4 is 39.7 Å². The molecular weight excluding hydrogens is 312 g/mol. The molecule has 0 fully saturated rings. The number of thioether (sulfide) groups is 1. The first-order valence-electron chi connectivity index (χ1n) is 6.88. The molecule has 0 spiro atoms. The number of anilines is 2. The quantitative estimate of drug-likeness (QED) is 0.632. The van der Waals surface area contributed by atoms with Gasteiger partial charge < -0.3 is 21.8 Å². The first kappa shape index (κ1) is 15.2. The van der Waals surface area contributed by atoms with E-state index in [1.807, 2.05) is 29.7 Å². The number of benzene rings is 1. The average molecular weight is 328 g/mol. The molecule has 8 heteroatoms. The van der Waals surface area contributed by atoms with Gasteiger partial charge in [0.15, 0.2) is 0 Å². The van der Waals surface area contributed by atoms with Crippen LogP contribution >= 0.6 is 11.8 Å². The Morgan fingerprint density at radius 3 is 2.78 bits per heavy atom. The van der Waals surface area contributed by atoms with Gasteiger partial charge in [-0.2, -0.15) is 0 Å². The van der Waals surface area contributed by atoms with E-state index in [4.69, 9.17) is 17.2 Å². The van der Waals surface area contributed by atoms with Crippen LogP contribution in [0.15, 0.2) is 35.5 Å². The van der Waals surface area contributed by atoms with Gasteiger partial charge in [-0.1, -0.05) is 29.8 Å². The molecule has 2 heterocycles. The molecule has 3 rings (SSSR count). The third-order valence-corrected chi connectivity index (χ3v) is 4.31. The largest absolute Gasteiger partial charge is 0.384 e. The van der Waals surface area contributed by atoms with E-state index in [9.17, 15) is 4.79 Å². The Hall–Kier alpha value is -2.74. The van der Waals surface area contributed by atoms with Gasteiger partial charge in [-0.25, -0.2) is 9.97 Å². The summed E-state index contributed by atoms with van der Waals surface area (Å²) in [4.78, 5) is 20.1. The van der Waals surface area contributed by atoms with Gasteiger partial charge in [0.25, 0.3) is 5.24 Å². The number of primary amides is 1. The molecule has 6 N–H and O–H groups in total. The van der Waals surface area contributed by atoms with E-state index in [0.29, 0.717) is 28.3 Å². The summed E-state index contributed by atoms with van der Waals surface area (Å²) in [5, 5.41) is -0.00369. The zero-order valence-electron chi connectivity index (χ0n) is 12.5. The lowest BCUT2D eigenvalue weighted by Crippen LogP contribution is -2.06. The smallest absolute Gasteiger partial charge is 0.281 e. The molecule has 0 aliphatic heterocycles. The van der Waals surface area contributed by atoms with Gasteiger partial charge in [0.1, 0.15) is 23.6 Å². The molecule has 0 radical (unpaired) electrons. The SMILES string of the molecule is Cc1cccc(Cn2c(N)c(SC(N)=O)c3c(N)ncnc32)c1. The number of rotatable bonds is 3. The van der Waals surface area contributed by atoms with Crippen LogP contribution in [0.1, 0.15) is 11.1 Å². The van der Waals surface area contributed by atoms with Gasteiger partial charge in [-0.05, 0) is 24.2 Å². The van der Waals surface area contributed by atoms with Crippen LogP contribution < -0.4 is 17.2 Å². The molecular formula is C15H16N6OS. The van der Waals surface area contributed by atoms with E-state index in [1.165, 1.54) is 6.33 Å². The minimum atomic E-state index is -0.561. The highest BCUT2D eigenvalue weighted by molar-refractivity contribution is 8.13. The zero-order chi connectivity index (χ0) is 16.6. The van der Waals surface area contributed by atoms with E-state index in [1.54, 1.807) is 0 Å². The van der Waals surface area contributed by atoms with Crippen LogP contribution in [-0.2, 0) is 6.54 Å². The van der Waals surface area contributed by atoms with Gasteiger partial charge in [0.05, 0.1) is 16.8 Å². The number of hydrogen-bond acceptors (Lipinski definition) is 6. The highest BCUT2D eigenvalue weighted by atomic mass is 32.2. The Morgan fingerprint density at radius 2 is 2.09 bits per heavy atom. The summed E-state index contributed by atoms with van der Waals surface area (Å²) < 4.78 is 1.81. The Bertz CT molecular complexity index is 904. The van der Waals surface area contributed by atoms with Crippen molar-refractivity contribution in [2.45, 2.75) is 18.4 Å². The third-order valence-electron chi connectivity index (χ3n) is 3.49. The number of nitrogen functional groups attached to an aromatic ring is 2. The van der Waals surface area contributed by atoms with E-state index < -0.39 is 5.24 Å². The van der Waals surface area contributed by atoms with Crippen LogP contribution in [0.5, 0.6) is 0 Å². The van der Waals surface area contributed by atoms with Crippen LogP contribution in [-0.4, -0.2) is 19.8 Å². The lowest BCUT2D eigenvalue weighted by Gasteiger charge is -2.08. The molecule has 118 valence electrons. The Kier molecular flexibility index (Phi) is 3.83. The predicted molar refractivity (Wildman–Crippen MR) is 92.1 cm³/mol. The predicted octanol–water partition coefficient (Wildman–Crippen LogP) is 2.12. The molecule has 0 unspecified atom stereocenters. The second-order valence-electron chi connectivity index (χ2n) is 5.17. The number of nitrogens with two attached hydrogens (primary N) is 3. The van der Waals surface area contributed by atoms with Crippen molar-refractivity contribution in [2.75, 3.05) is 11.5 Å². The standard InChI is InChI=1S/C15H16N6OS/c1-8-3-2-4-9(5-8)6-21-13(17)11(23-15(18)22)10-12(16)19-7-20-14(10)21/h2-5,7H,6,17H2,1H3,(H2,18,22)(H2,16,19,20). The zero-order valence-corrected chi connectivity index (χ0v) is 13.3. The fourth-order valence-corrected chi connectivity index (χ4v) is 3.25. The molecule has 1 aromatic carbocycles. The fraction of sp³-hybridized carbons (Fsp3) is 0.133. The minimum absolute atomic E-state index is 0.272. The Morgan fingerprint density at radius 1 is 1.30 bits per heavy atom. The highest BCUT2D eigenvalue weighted by Gasteiger charge is 2.21. The van der Waals surface area contributed by atoms with E-state index >= 15 is 0 Å². The highest BCUT2D eigenvalue weighted by Crippen LogP contribution is 2.38. The lowest BCUT2D eigenvalue weighted by atomic mass is 10.1. The van der Waals surface area contributed by atoms with Crippen molar-refractivity contribution in [2.24, 2.45) is 5.73 Å². The van der Waals surface area contributed by atoms with Crippen LogP contribution in [0, 0.1) is 6.92 Å². The summed E-state index contributed by atoms with van der Waals surface area (Å²) in [6, 6.07) is 8.07. The number of hydrogen-bond donors (Lipinski definition) is 3. The van der Waals surface area contributed by atoms with Gasteiger partial charge in [-0.15, -0.1) is 0 Å². The topological polar surface area (TPSA) is 126 Å². The van der Waals surface area contributed by atoms with Gasteiger partial charge >= 0.3 is 0 Å². The summed E-state index contributed by atoms with van der Waals surface area (Å²) in [5.41, 5.74) is 20.3. The number of fused-ring (bicyclic) bond motifs is 1. The van der Waals surface area contributed by atoms with Gasteiger partial charge in [-0.3, -0.25) is 4.79 Å². The number of amides is 1. The second-order valence-corrected chi connectivity index (χ2v) is 6.18. The summed E-state index contributed by atoms with van der Waals surface area (Å²) in [5.74, 6) is 0.672. The molecule has 0 atom stereocenters. The van der Waals surface area contributed by atoms with Crippen LogP contribution in [0.25, 0.3) is 11.0 Å².